The first-order chi connectivity index (χ1) is 18.3. The lowest BCUT2D eigenvalue weighted by molar-refractivity contribution is -0.114. The van der Waals surface area contributed by atoms with E-state index < -0.39 is 34.2 Å². The summed E-state index contributed by atoms with van der Waals surface area (Å²) in [7, 11) is -4.28. The maximum Gasteiger partial charge on any atom is 0.264 e. The first-order valence-corrected chi connectivity index (χ1v) is 13.3. The maximum absolute atomic E-state index is 14.7. The molecule has 9 heteroatoms. The first kappa shape index (κ1) is 26.6. The van der Waals surface area contributed by atoms with E-state index in [4.69, 9.17) is 0 Å². The lowest BCUT2D eigenvalue weighted by Crippen LogP contribution is -2.39. The standard InChI is InChI=1S/C29H26FN3O4S/c1-21(22-12-4-2-5-13-22)31-29(35)24-16-8-10-18-26(24)32-28(34)20-33(27-19-11-9-17-25(27)30)38(36,37)23-14-6-3-7-15-23/h2-19,21H,20H2,1H3,(H,31,35)(H,32,34)/t21-/m1/s1. The quantitative estimate of drug-likeness (QED) is 0.312. The molecular weight excluding hydrogens is 505 g/mol. The third-order valence-corrected chi connectivity index (χ3v) is 7.61. The summed E-state index contributed by atoms with van der Waals surface area (Å²) in [4.78, 5) is 26.1. The van der Waals surface area contributed by atoms with Crippen molar-refractivity contribution in [3.63, 3.8) is 0 Å². The van der Waals surface area contributed by atoms with Crippen LogP contribution in [0.5, 0.6) is 0 Å². The summed E-state index contributed by atoms with van der Waals surface area (Å²) in [5.74, 6) is -1.96. The number of nitrogens with one attached hydrogen (secondary N) is 2. The number of carbonyl (C=O) groups excluding carboxylic acids is 2. The molecule has 4 aromatic carbocycles. The topological polar surface area (TPSA) is 95.6 Å². The smallest absolute Gasteiger partial charge is 0.264 e. The van der Waals surface area contributed by atoms with Crippen molar-refractivity contribution in [2.45, 2.75) is 17.9 Å². The molecule has 0 saturated heterocycles. The second-order valence-corrected chi connectivity index (χ2v) is 10.3. The number of hydrogen-bond donors (Lipinski definition) is 2. The predicted molar refractivity (Wildman–Crippen MR) is 145 cm³/mol. The second kappa shape index (κ2) is 11.7. The van der Waals surface area contributed by atoms with Crippen molar-refractivity contribution in [2.75, 3.05) is 16.2 Å². The van der Waals surface area contributed by atoms with Crippen LogP contribution in [0.3, 0.4) is 0 Å². The van der Waals surface area contributed by atoms with Gasteiger partial charge in [-0.1, -0.05) is 72.8 Å². The van der Waals surface area contributed by atoms with Crippen LogP contribution in [0.1, 0.15) is 28.9 Å². The van der Waals surface area contributed by atoms with Gasteiger partial charge in [0.05, 0.1) is 27.9 Å². The van der Waals surface area contributed by atoms with E-state index in [1.165, 1.54) is 42.5 Å². The van der Waals surface area contributed by atoms with Crippen molar-refractivity contribution in [1.82, 2.24) is 5.32 Å². The van der Waals surface area contributed by atoms with Crippen LogP contribution in [0, 0.1) is 5.82 Å². The normalized spacial score (nSPS) is 11.8. The van der Waals surface area contributed by atoms with E-state index in [0.717, 1.165) is 11.6 Å². The first-order valence-electron chi connectivity index (χ1n) is 11.8. The van der Waals surface area contributed by atoms with E-state index in [-0.39, 0.29) is 27.9 Å². The van der Waals surface area contributed by atoms with Crippen molar-refractivity contribution in [3.05, 3.63) is 126 Å². The van der Waals surface area contributed by atoms with Crippen molar-refractivity contribution in [1.29, 1.82) is 0 Å². The van der Waals surface area contributed by atoms with Gasteiger partial charge < -0.3 is 10.6 Å². The highest BCUT2D eigenvalue weighted by molar-refractivity contribution is 7.92. The fraction of sp³-hybridized carbons (Fsp3) is 0.103. The third-order valence-electron chi connectivity index (χ3n) is 5.83. The lowest BCUT2D eigenvalue weighted by atomic mass is 10.1. The van der Waals surface area contributed by atoms with E-state index in [1.807, 2.05) is 37.3 Å². The molecule has 2 N–H and O–H groups in total. The highest BCUT2D eigenvalue weighted by Crippen LogP contribution is 2.26. The van der Waals surface area contributed by atoms with Crippen LogP contribution in [0.15, 0.2) is 114 Å². The highest BCUT2D eigenvalue weighted by atomic mass is 32.2. The zero-order chi connectivity index (χ0) is 27.1. The molecule has 4 rings (SSSR count). The molecule has 0 fully saturated rings. The van der Waals surface area contributed by atoms with Gasteiger partial charge >= 0.3 is 0 Å². The summed E-state index contributed by atoms with van der Waals surface area (Å²) in [6.07, 6.45) is 0. The van der Waals surface area contributed by atoms with E-state index in [2.05, 4.69) is 10.6 Å². The van der Waals surface area contributed by atoms with Gasteiger partial charge in [-0.2, -0.15) is 0 Å². The van der Waals surface area contributed by atoms with Gasteiger partial charge in [-0.15, -0.1) is 0 Å². The zero-order valence-electron chi connectivity index (χ0n) is 20.5. The molecule has 0 unspecified atom stereocenters. The van der Waals surface area contributed by atoms with Crippen LogP contribution >= 0.6 is 0 Å². The summed E-state index contributed by atoms with van der Waals surface area (Å²) in [5, 5.41) is 5.52. The van der Waals surface area contributed by atoms with Crippen LogP contribution in [0.25, 0.3) is 0 Å². The molecule has 38 heavy (non-hydrogen) atoms. The average Bonchev–Trinajstić information content (AvgIpc) is 2.93. The van der Waals surface area contributed by atoms with Gasteiger partial charge in [-0.3, -0.25) is 13.9 Å². The SMILES string of the molecule is C[C@@H](NC(=O)c1ccccc1NC(=O)CN(c1ccccc1F)S(=O)(=O)c1ccccc1)c1ccccc1. The summed E-state index contributed by atoms with van der Waals surface area (Å²) in [5.41, 5.74) is 1.04. The van der Waals surface area contributed by atoms with Gasteiger partial charge in [0.1, 0.15) is 12.4 Å². The molecule has 0 saturated carbocycles. The van der Waals surface area contributed by atoms with Crippen LogP contribution in [0.4, 0.5) is 15.8 Å². The largest absolute Gasteiger partial charge is 0.345 e. The molecule has 0 aliphatic rings. The van der Waals surface area contributed by atoms with Gasteiger partial charge in [-0.05, 0) is 48.9 Å². The van der Waals surface area contributed by atoms with E-state index in [0.29, 0.717) is 4.31 Å². The number of halogens is 1. The van der Waals surface area contributed by atoms with Crippen LogP contribution in [-0.2, 0) is 14.8 Å². The van der Waals surface area contributed by atoms with E-state index >= 15 is 0 Å². The monoisotopic (exact) mass is 531 g/mol. The molecule has 0 bridgehead atoms. The summed E-state index contributed by atoms with van der Waals surface area (Å²) >= 11 is 0. The van der Waals surface area contributed by atoms with Crippen molar-refractivity contribution >= 4 is 33.2 Å². The number of hydrogen-bond acceptors (Lipinski definition) is 4. The Morgan fingerprint density at radius 2 is 1.39 bits per heavy atom. The van der Waals surface area contributed by atoms with Gasteiger partial charge in [-0.25, -0.2) is 12.8 Å². The van der Waals surface area contributed by atoms with Gasteiger partial charge in [0.25, 0.3) is 15.9 Å². The minimum absolute atomic E-state index is 0.0919. The lowest BCUT2D eigenvalue weighted by Gasteiger charge is -2.24. The van der Waals surface area contributed by atoms with Crippen molar-refractivity contribution in [3.8, 4) is 0 Å². The second-order valence-electron chi connectivity index (χ2n) is 8.48. The van der Waals surface area contributed by atoms with Crippen LogP contribution < -0.4 is 14.9 Å². The Kier molecular flexibility index (Phi) is 8.18. The highest BCUT2D eigenvalue weighted by Gasteiger charge is 2.29. The predicted octanol–water partition coefficient (Wildman–Crippen LogP) is 5.15. The Hall–Kier alpha value is -4.50. The number of nitrogens with zero attached hydrogens (tertiary/aromatic N) is 1. The molecule has 1 atom stereocenters. The minimum Gasteiger partial charge on any atom is -0.345 e. The fourth-order valence-corrected chi connectivity index (χ4v) is 5.33. The molecule has 0 aliphatic heterocycles. The van der Waals surface area contributed by atoms with Crippen LogP contribution in [-0.4, -0.2) is 26.8 Å². The van der Waals surface area contributed by atoms with E-state index in [1.54, 1.807) is 30.3 Å². The molecular formula is C29H26FN3O4S. The number of amides is 2. The number of rotatable bonds is 9. The molecule has 2 amide bonds. The van der Waals surface area contributed by atoms with E-state index in [9.17, 15) is 22.4 Å². The molecule has 4 aromatic rings. The van der Waals surface area contributed by atoms with Crippen molar-refractivity contribution in [2.24, 2.45) is 0 Å². The number of para-hydroxylation sites is 2. The Balaban J connectivity index is 1.58. The summed E-state index contributed by atoms with van der Waals surface area (Å²) in [6.45, 7) is 1.13. The number of carbonyl (C=O) groups is 2. The fourth-order valence-electron chi connectivity index (χ4n) is 3.88. The Bertz CT molecular complexity index is 1530. The van der Waals surface area contributed by atoms with Gasteiger partial charge in [0.2, 0.25) is 5.91 Å². The molecule has 0 aromatic heterocycles. The molecule has 0 spiro atoms. The number of sulfonamides is 1. The molecule has 0 heterocycles. The summed E-state index contributed by atoms with van der Waals surface area (Å²) in [6, 6.07) is 28.3. The Morgan fingerprint density at radius 3 is 2.08 bits per heavy atom. The molecule has 7 nitrogen and oxygen atoms in total. The Morgan fingerprint density at radius 1 is 0.816 bits per heavy atom. The van der Waals surface area contributed by atoms with Gasteiger partial charge in [0.15, 0.2) is 0 Å². The minimum atomic E-state index is -4.28. The maximum atomic E-state index is 14.7. The van der Waals surface area contributed by atoms with Gasteiger partial charge in [0, 0.05) is 0 Å². The number of benzene rings is 4. The van der Waals surface area contributed by atoms with Crippen LogP contribution in [0.2, 0.25) is 0 Å². The molecule has 0 aliphatic carbocycles. The zero-order valence-corrected chi connectivity index (χ0v) is 21.4. The molecule has 0 radical (unpaired) electrons. The Labute approximate surface area is 221 Å². The average molecular weight is 532 g/mol. The number of anilines is 2. The third kappa shape index (κ3) is 6.07. The van der Waals surface area contributed by atoms with Crippen molar-refractivity contribution < 1.29 is 22.4 Å². The molecule has 194 valence electrons. The summed E-state index contributed by atoms with van der Waals surface area (Å²) < 4.78 is 42.3.